The second kappa shape index (κ2) is 5.40. The molecule has 5 nitrogen and oxygen atoms in total. The summed E-state index contributed by atoms with van der Waals surface area (Å²) in [6, 6.07) is 5.45. The molecule has 0 radical (unpaired) electrons. The lowest BCUT2D eigenvalue weighted by Crippen LogP contribution is -2.49. The quantitative estimate of drug-likeness (QED) is 0.890. The zero-order chi connectivity index (χ0) is 14.8. The Morgan fingerprint density at radius 3 is 2.70 bits per heavy atom. The Balaban J connectivity index is 1.86. The summed E-state index contributed by atoms with van der Waals surface area (Å²) in [6.45, 7) is 8.52. The predicted octanol–water partition coefficient (Wildman–Crippen LogP) is 2.23. The van der Waals surface area contributed by atoms with Gasteiger partial charge in [-0.15, -0.1) is 0 Å². The number of carbonyl (C=O) groups excluding carboxylic acids is 1. The van der Waals surface area contributed by atoms with Crippen LogP contribution in [0.5, 0.6) is 0 Å². The molecule has 2 heterocycles. The molecule has 2 rings (SSSR count). The van der Waals surface area contributed by atoms with Crippen molar-refractivity contribution < 1.29 is 9.53 Å². The van der Waals surface area contributed by atoms with Crippen LogP contribution in [0, 0.1) is 0 Å². The van der Waals surface area contributed by atoms with E-state index in [-0.39, 0.29) is 23.3 Å². The normalized spacial score (nSPS) is 23.3. The second-order valence-corrected chi connectivity index (χ2v) is 6.37. The Kier molecular flexibility index (Phi) is 3.99. The smallest absolute Gasteiger partial charge is 0.315 e. The van der Waals surface area contributed by atoms with Crippen LogP contribution in [0.25, 0.3) is 0 Å². The van der Waals surface area contributed by atoms with Gasteiger partial charge in [-0.1, -0.05) is 6.07 Å². The van der Waals surface area contributed by atoms with Crippen molar-refractivity contribution in [3.8, 4) is 0 Å². The molecule has 5 heteroatoms. The van der Waals surface area contributed by atoms with Crippen molar-refractivity contribution in [2.75, 3.05) is 0 Å². The maximum absolute atomic E-state index is 12.0. The molecule has 0 aliphatic carbocycles. The number of rotatable bonds is 3. The van der Waals surface area contributed by atoms with E-state index in [9.17, 15) is 4.79 Å². The van der Waals surface area contributed by atoms with Gasteiger partial charge >= 0.3 is 6.03 Å². The van der Waals surface area contributed by atoms with Gasteiger partial charge in [0.25, 0.3) is 0 Å². The van der Waals surface area contributed by atoms with Gasteiger partial charge in [0.15, 0.2) is 0 Å². The fourth-order valence-electron chi connectivity index (χ4n) is 2.67. The molecule has 1 aliphatic heterocycles. The first-order chi connectivity index (χ1) is 9.28. The second-order valence-electron chi connectivity index (χ2n) is 6.37. The third-order valence-corrected chi connectivity index (χ3v) is 3.54. The Morgan fingerprint density at radius 2 is 2.15 bits per heavy atom. The zero-order valence-electron chi connectivity index (χ0n) is 12.6. The van der Waals surface area contributed by atoms with Gasteiger partial charge in [-0.3, -0.25) is 4.98 Å². The van der Waals surface area contributed by atoms with Crippen LogP contribution in [-0.4, -0.2) is 28.3 Å². The van der Waals surface area contributed by atoms with E-state index in [4.69, 9.17) is 4.74 Å². The molecular formula is C15H23N3O2. The van der Waals surface area contributed by atoms with Crippen molar-refractivity contribution in [3.05, 3.63) is 30.1 Å². The number of ether oxygens (including phenoxy) is 1. The molecule has 2 amide bonds. The summed E-state index contributed by atoms with van der Waals surface area (Å²) in [6.07, 6.45) is 2.52. The Bertz CT molecular complexity index is 471. The molecule has 0 aromatic carbocycles. The van der Waals surface area contributed by atoms with E-state index in [1.54, 1.807) is 6.20 Å². The van der Waals surface area contributed by atoms with Crippen molar-refractivity contribution in [3.63, 3.8) is 0 Å². The number of nitrogens with one attached hydrogen (secondary N) is 2. The first-order valence-electron chi connectivity index (χ1n) is 6.93. The molecule has 0 bridgehead atoms. The Labute approximate surface area is 120 Å². The molecule has 1 aliphatic rings. The van der Waals surface area contributed by atoms with Crippen molar-refractivity contribution in [1.29, 1.82) is 0 Å². The molecule has 1 aromatic heterocycles. The Hall–Kier alpha value is -1.62. The minimum atomic E-state index is -0.355. The monoisotopic (exact) mass is 277 g/mol. The summed E-state index contributed by atoms with van der Waals surface area (Å²) in [5.74, 6) is 0. The first kappa shape index (κ1) is 14.8. The topological polar surface area (TPSA) is 63.2 Å². The van der Waals surface area contributed by atoms with Crippen LogP contribution in [0.15, 0.2) is 24.4 Å². The average Bonchev–Trinajstić information content (AvgIpc) is 2.56. The molecule has 2 N–H and O–H groups in total. The molecule has 1 fully saturated rings. The van der Waals surface area contributed by atoms with Gasteiger partial charge in [-0.05, 0) is 46.2 Å². The lowest BCUT2D eigenvalue weighted by molar-refractivity contribution is -0.0690. The van der Waals surface area contributed by atoms with Crippen molar-refractivity contribution >= 4 is 6.03 Å². The van der Waals surface area contributed by atoms with Gasteiger partial charge in [0.1, 0.15) is 0 Å². The van der Waals surface area contributed by atoms with Gasteiger partial charge in [0.2, 0.25) is 0 Å². The number of aromatic nitrogens is 1. The van der Waals surface area contributed by atoms with Crippen LogP contribution in [-0.2, 0) is 11.3 Å². The van der Waals surface area contributed by atoms with E-state index in [2.05, 4.69) is 15.6 Å². The lowest BCUT2D eigenvalue weighted by atomic mass is 9.95. The van der Waals surface area contributed by atoms with E-state index in [0.29, 0.717) is 6.54 Å². The summed E-state index contributed by atoms with van der Waals surface area (Å²) in [7, 11) is 0. The molecule has 110 valence electrons. The van der Waals surface area contributed by atoms with Crippen molar-refractivity contribution in [2.45, 2.75) is 57.9 Å². The third-order valence-electron chi connectivity index (χ3n) is 3.54. The minimum Gasteiger partial charge on any atom is -0.367 e. The van der Waals surface area contributed by atoms with Crippen molar-refractivity contribution in [2.24, 2.45) is 0 Å². The lowest BCUT2D eigenvalue weighted by Gasteiger charge is -2.27. The largest absolute Gasteiger partial charge is 0.367 e. The number of pyridine rings is 1. The maximum Gasteiger partial charge on any atom is 0.315 e. The Morgan fingerprint density at radius 1 is 1.40 bits per heavy atom. The number of carbonyl (C=O) groups is 1. The molecular weight excluding hydrogens is 254 g/mol. The van der Waals surface area contributed by atoms with Gasteiger partial charge < -0.3 is 15.4 Å². The van der Waals surface area contributed by atoms with E-state index in [1.807, 2.05) is 45.9 Å². The van der Waals surface area contributed by atoms with Gasteiger partial charge in [-0.2, -0.15) is 0 Å². The summed E-state index contributed by atoms with van der Waals surface area (Å²) in [5.41, 5.74) is 0.277. The number of hydrogen-bond donors (Lipinski definition) is 2. The van der Waals surface area contributed by atoms with E-state index in [0.717, 1.165) is 12.1 Å². The van der Waals surface area contributed by atoms with Gasteiger partial charge in [-0.25, -0.2) is 4.79 Å². The molecule has 0 saturated carbocycles. The highest BCUT2D eigenvalue weighted by atomic mass is 16.5. The van der Waals surface area contributed by atoms with E-state index in [1.165, 1.54) is 0 Å². The third kappa shape index (κ3) is 3.70. The molecule has 0 unspecified atom stereocenters. The number of nitrogens with zero attached hydrogens (tertiary/aromatic N) is 1. The fourth-order valence-corrected chi connectivity index (χ4v) is 2.67. The van der Waals surface area contributed by atoms with E-state index < -0.39 is 0 Å². The molecule has 1 aromatic rings. The summed E-state index contributed by atoms with van der Waals surface area (Å²) in [4.78, 5) is 16.1. The standard InChI is InChI=1S/C15H23N3O2/c1-14(2)9-12(15(3,4)20-14)18-13(19)17-10-11-7-5-6-8-16-11/h5-8,12H,9-10H2,1-4H3,(H2,17,18,19)/t12-/m0/s1. The minimum absolute atomic E-state index is 0.00114. The van der Waals surface area contributed by atoms with Crippen LogP contribution >= 0.6 is 0 Å². The zero-order valence-corrected chi connectivity index (χ0v) is 12.6. The maximum atomic E-state index is 12.0. The number of urea groups is 1. The van der Waals surface area contributed by atoms with Gasteiger partial charge in [0.05, 0.1) is 29.5 Å². The van der Waals surface area contributed by atoms with Crippen LogP contribution in [0.4, 0.5) is 4.79 Å². The molecule has 1 saturated heterocycles. The molecule has 1 atom stereocenters. The highest BCUT2D eigenvalue weighted by molar-refractivity contribution is 5.74. The van der Waals surface area contributed by atoms with Crippen LogP contribution in [0.2, 0.25) is 0 Å². The highest BCUT2D eigenvalue weighted by Crippen LogP contribution is 2.37. The number of hydrogen-bond acceptors (Lipinski definition) is 3. The van der Waals surface area contributed by atoms with E-state index >= 15 is 0 Å². The summed E-state index contributed by atoms with van der Waals surface area (Å²) in [5, 5.41) is 5.82. The molecule has 0 spiro atoms. The first-order valence-corrected chi connectivity index (χ1v) is 6.93. The SMILES string of the molecule is CC1(C)C[C@H](NC(=O)NCc2ccccn2)C(C)(C)O1. The summed E-state index contributed by atoms with van der Waals surface area (Å²) < 4.78 is 5.96. The van der Waals surface area contributed by atoms with Crippen LogP contribution in [0.1, 0.15) is 39.8 Å². The fraction of sp³-hybridized carbons (Fsp3) is 0.600. The van der Waals surface area contributed by atoms with Crippen LogP contribution < -0.4 is 10.6 Å². The summed E-state index contributed by atoms with van der Waals surface area (Å²) >= 11 is 0. The predicted molar refractivity (Wildman–Crippen MR) is 77.3 cm³/mol. The van der Waals surface area contributed by atoms with Crippen molar-refractivity contribution in [1.82, 2.24) is 15.6 Å². The van der Waals surface area contributed by atoms with Crippen LogP contribution in [0.3, 0.4) is 0 Å². The average molecular weight is 277 g/mol. The van der Waals surface area contributed by atoms with Gasteiger partial charge in [0, 0.05) is 6.20 Å². The highest BCUT2D eigenvalue weighted by Gasteiger charge is 2.46. The molecule has 20 heavy (non-hydrogen) atoms. The number of amides is 2.